The minimum Gasteiger partial charge on any atom is -0.497 e. The molecule has 0 fully saturated rings. The van der Waals surface area contributed by atoms with Gasteiger partial charge in [-0.25, -0.2) is 4.99 Å². The van der Waals surface area contributed by atoms with Gasteiger partial charge in [-0.05, 0) is 24.3 Å². The minimum absolute atomic E-state index is 0.0701. The Morgan fingerprint density at radius 1 is 1.38 bits per heavy atom. The van der Waals surface area contributed by atoms with Gasteiger partial charge in [0.2, 0.25) is 11.9 Å². The molecule has 0 amide bonds. The van der Waals surface area contributed by atoms with Crippen LogP contribution in [0.4, 0.5) is 5.69 Å². The van der Waals surface area contributed by atoms with E-state index in [-0.39, 0.29) is 5.96 Å². The lowest BCUT2D eigenvalue weighted by Crippen LogP contribution is -2.38. The molecule has 0 aliphatic rings. The van der Waals surface area contributed by atoms with Crippen molar-refractivity contribution in [2.24, 2.45) is 16.5 Å². The van der Waals surface area contributed by atoms with Crippen molar-refractivity contribution in [3.63, 3.8) is 0 Å². The number of guanidine groups is 2. The van der Waals surface area contributed by atoms with E-state index in [1.54, 1.807) is 31.4 Å². The lowest BCUT2D eigenvalue weighted by molar-refractivity contribution is 0.415. The van der Waals surface area contributed by atoms with E-state index in [1.807, 2.05) is 0 Å². The van der Waals surface area contributed by atoms with Crippen molar-refractivity contribution in [3.8, 4) is 5.75 Å². The molecule has 5 N–H and O–H groups in total. The molecule has 0 atom stereocenters. The Labute approximate surface area is 98.1 Å². The van der Waals surface area contributed by atoms with Gasteiger partial charge in [-0.15, -0.1) is 0 Å². The number of nitrogens with one attached hydrogen (secondary N) is 1. The molecule has 86 valence electrons. The second kappa shape index (κ2) is 5.22. The molecule has 0 aliphatic carbocycles. The molecule has 1 rings (SSSR count). The Balaban J connectivity index is 2.85. The molecule has 1 aromatic carbocycles. The van der Waals surface area contributed by atoms with E-state index < -0.39 is 5.96 Å². The predicted molar refractivity (Wildman–Crippen MR) is 63.9 cm³/mol. The van der Waals surface area contributed by atoms with Gasteiger partial charge in [0.1, 0.15) is 5.75 Å². The smallest absolute Gasteiger partial charge is 0.218 e. The molecule has 0 heterocycles. The highest BCUT2D eigenvalue weighted by atomic mass is 35.5. The van der Waals surface area contributed by atoms with Crippen molar-refractivity contribution >= 4 is 29.4 Å². The zero-order valence-electron chi connectivity index (χ0n) is 8.64. The predicted octanol–water partition coefficient (Wildman–Crippen LogP) is 0.991. The number of aliphatic imine (C=N–C) groups is 1. The van der Waals surface area contributed by atoms with E-state index in [2.05, 4.69) is 4.99 Å². The Bertz CT molecular complexity index is 403. The fourth-order valence-electron chi connectivity index (χ4n) is 0.956. The molecule has 0 aliphatic heterocycles. The third-order valence-corrected chi connectivity index (χ3v) is 2.08. The maximum atomic E-state index is 7.05. The molecule has 0 bridgehead atoms. The Morgan fingerprint density at radius 3 is 2.38 bits per heavy atom. The zero-order chi connectivity index (χ0) is 12.1. The molecule has 16 heavy (non-hydrogen) atoms. The summed E-state index contributed by atoms with van der Waals surface area (Å²) in [4.78, 5) is 3.97. The number of nitrogens with two attached hydrogens (primary N) is 2. The summed E-state index contributed by atoms with van der Waals surface area (Å²) < 4.78 is 5.74. The van der Waals surface area contributed by atoms with Crippen LogP contribution in [0.2, 0.25) is 0 Å². The van der Waals surface area contributed by atoms with Gasteiger partial charge in [0.25, 0.3) is 0 Å². The summed E-state index contributed by atoms with van der Waals surface area (Å²) in [6.07, 6.45) is 0. The number of rotatable bonds is 2. The van der Waals surface area contributed by atoms with E-state index in [1.165, 1.54) is 0 Å². The lowest BCUT2D eigenvalue weighted by atomic mass is 10.3. The molecule has 0 aromatic heterocycles. The maximum absolute atomic E-state index is 7.05. The fourth-order valence-corrected chi connectivity index (χ4v) is 0.994. The highest BCUT2D eigenvalue weighted by Crippen LogP contribution is 2.17. The highest BCUT2D eigenvalue weighted by molar-refractivity contribution is 6.30. The van der Waals surface area contributed by atoms with Crippen LogP contribution < -0.4 is 16.2 Å². The van der Waals surface area contributed by atoms with Crippen LogP contribution in [-0.4, -0.2) is 23.4 Å². The van der Waals surface area contributed by atoms with Gasteiger partial charge < -0.3 is 16.2 Å². The van der Waals surface area contributed by atoms with Crippen LogP contribution in [0, 0.1) is 5.41 Å². The molecular weight excluding hydrogens is 230 g/mol. The maximum Gasteiger partial charge on any atom is 0.218 e. The number of ether oxygens (including phenoxy) is 1. The van der Waals surface area contributed by atoms with E-state index in [0.717, 1.165) is 4.42 Å². The Morgan fingerprint density at radius 2 is 1.94 bits per heavy atom. The van der Waals surface area contributed by atoms with Gasteiger partial charge in [0, 0.05) is 11.8 Å². The first-order valence-electron chi connectivity index (χ1n) is 4.32. The average molecular weight is 242 g/mol. The first kappa shape index (κ1) is 12.1. The van der Waals surface area contributed by atoms with E-state index in [0.29, 0.717) is 11.4 Å². The number of halogens is 1. The van der Waals surface area contributed by atoms with Crippen LogP contribution in [0.25, 0.3) is 0 Å². The number of methoxy groups -OCH3 is 1. The minimum atomic E-state index is -0.392. The average Bonchev–Trinajstić information content (AvgIpc) is 2.28. The van der Waals surface area contributed by atoms with Crippen LogP contribution in [-0.2, 0) is 0 Å². The molecule has 0 radical (unpaired) electrons. The van der Waals surface area contributed by atoms with Crippen molar-refractivity contribution in [2.45, 2.75) is 0 Å². The van der Waals surface area contributed by atoms with Crippen LogP contribution in [0.5, 0.6) is 5.75 Å². The van der Waals surface area contributed by atoms with E-state index >= 15 is 0 Å². The van der Waals surface area contributed by atoms with Gasteiger partial charge in [-0.2, -0.15) is 4.42 Å². The Kier molecular flexibility index (Phi) is 3.96. The quantitative estimate of drug-likeness (QED) is 0.408. The monoisotopic (exact) mass is 241 g/mol. The molecule has 6 nitrogen and oxygen atoms in total. The van der Waals surface area contributed by atoms with Crippen molar-refractivity contribution < 1.29 is 4.74 Å². The summed E-state index contributed by atoms with van der Waals surface area (Å²) in [7, 11) is 1.57. The number of benzene rings is 1. The van der Waals surface area contributed by atoms with Crippen molar-refractivity contribution in [1.29, 1.82) is 5.41 Å². The third kappa shape index (κ3) is 3.03. The topological polar surface area (TPSA) is 101 Å². The van der Waals surface area contributed by atoms with E-state index in [4.69, 9.17) is 33.4 Å². The largest absolute Gasteiger partial charge is 0.497 e. The standard InChI is InChI=1S/C9H12ClN5O/c1-16-7-4-2-6(3-5-7)14-9(13)15(10)8(11)12/h2-5H,1H3,(H3,11,12)(H2,13,14). The highest BCUT2D eigenvalue weighted by Gasteiger charge is 2.07. The van der Waals surface area contributed by atoms with Crippen LogP contribution >= 0.6 is 11.8 Å². The number of hydrogen-bond donors (Lipinski definition) is 3. The first-order chi connectivity index (χ1) is 7.54. The van der Waals surface area contributed by atoms with Crippen LogP contribution in [0.15, 0.2) is 29.3 Å². The van der Waals surface area contributed by atoms with Crippen LogP contribution in [0.3, 0.4) is 0 Å². The van der Waals surface area contributed by atoms with Gasteiger partial charge >= 0.3 is 0 Å². The summed E-state index contributed by atoms with van der Waals surface area (Å²) in [5.41, 5.74) is 11.2. The second-order valence-corrected chi connectivity index (χ2v) is 3.17. The molecule has 0 saturated carbocycles. The normalized spacial score (nSPS) is 11.0. The summed E-state index contributed by atoms with van der Waals surface area (Å²) in [6.45, 7) is 0. The van der Waals surface area contributed by atoms with Gasteiger partial charge in [-0.3, -0.25) is 5.41 Å². The molecule has 0 unspecified atom stereocenters. The number of nitrogens with zero attached hydrogens (tertiary/aromatic N) is 2. The van der Waals surface area contributed by atoms with Crippen LogP contribution in [0.1, 0.15) is 0 Å². The fraction of sp³-hybridized carbons (Fsp3) is 0.111. The summed E-state index contributed by atoms with van der Waals surface area (Å²) >= 11 is 5.58. The third-order valence-electron chi connectivity index (χ3n) is 1.73. The summed E-state index contributed by atoms with van der Waals surface area (Å²) in [6, 6.07) is 6.88. The first-order valence-corrected chi connectivity index (χ1v) is 4.66. The molecule has 7 heteroatoms. The van der Waals surface area contributed by atoms with Crippen molar-refractivity contribution in [2.75, 3.05) is 7.11 Å². The van der Waals surface area contributed by atoms with E-state index in [9.17, 15) is 0 Å². The lowest BCUT2D eigenvalue weighted by Gasteiger charge is -2.11. The molecule has 0 saturated heterocycles. The molecular formula is C9H12ClN5O. The Hall–Kier alpha value is -1.95. The van der Waals surface area contributed by atoms with Gasteiger partial charge in [0.05, 0.1) is 12.8 Å². The van der Waals surface area contributed by atoms with Gasteiger partial charge in [0.15, 0.2) is 0 Å². The summed E-state index contributed by atoms with van der Waals surface area (Å²) in [5, 5.41) is 7.05. The molecule has 0 spiro atoms. The molecule has 1 aromatic rings. The summed E-state index contributed by atoms with van der Waals surface area (Å²) in [5.74, 6) is 0.252. The zero-order valence-corrected chi connectivity index (χ0v) is 9.40. The van der Waals surface area contributed by atoms with Crippen molar-refractivity contribution in [3.05, 3.63) is 24.3 Å². The number of hydrogen-bond acceptors (Lipinski definition) is 3. The van der Waals surface area contributed by atoms with Gasteiger partial charge in [-0.1, -0.05) is 0 Å². The van der Waals surface area contributed by atoms with Crippen molar-refractivity contribution in [1.82, 2.24) is 4.42 Å². The SMILES string of the molecule is COc1ccc(N=C(N)N(Cl)C(=N)N)cc1. The second-order valence-electron chi connectivity index (χ2n) is 2.83.